The van der Waals surface area contributed by atoms with Crippen LogP contribution >= 0.6 is 24.8 Å². The third-order valence-electron chi connectivity index (χ3n) is 6.70. The molecule has 8 nitrogen and oxygen atoms in total. The highest BCUT2D eigenvalue weighted by Crippen LogP contribution is 2.34. The standard InChI is InChI=1S/C24H24FN7O.2ClH/c1-30-13-17-9-16(10-20(25)23(17)29-30)15-4-5-19(22(33)11-15)21-12-26-24(28-27-21)32-8-7-31-6-2-3-18(31)14-32;;/h4-5,9-13,18,33H,2-3,6-8,14H2,1H3;2*1H. The quantitative estimate of drug-likeness (QED) is 0.438. The summed E-state index contributed by atoms with van der Waals surface area (Å²) in [6.45, 7) is 4.05. The van der Waals surface area contributed by atoms with Gasteiger partial charge in [-0.25, -0.2) is 9.37 Å². The highest BCUT2D eigenvalue weighted by molar-refractivity contribution is 5.86. The molecule has 6 rings (SSSR count). The van der Waals surface area contributed by atoms with E-state index in [2.05, 4.69) is 30.1 Å². The van der Waals surface area contributed by atoms with Crippen LogP contribution in [-0.4, -0.2) is 67.2 Å². The summed E-state index contributed by atoms with van der Waals surface area (Å²) in [5, 5.41) is 24.2. The van der Waals surface area contributed by atoms with E-state index in [-0.39, 0.29) is 30.6 Å². The Bertz CT molecular complexity index is 1350. The second-order valence-electron chi connectivity index (χ2n) is 8.85. The Kier molecular flexibility index (Phi) is 7.12. The molecule has 0 bridgehead atoms. The molecule has 2 saturated heterocycles. The molecule has 4 aromatic rings. The fourth-order valence-electron chi connectivity index (χ4n) is 5.02. The van der Waals surface area contributed by atoms with Gasteiger partial charge in [-0.3, -0.25) is 9.58 Å². The van der Waals surface area contributed by atoms with Crippen LogP contribution < -0.4 is 4.90 Å². The predicted octanol–water partition coefficient (Wildman–Crippen LogP) is 4.07. The van der Waals surface area contributed by atoms with Gasteiger partial charge in [-0.15, -0.1) is 35.0 Å². The topological polar surface area (TPSA) is 83.2 Å². The van der Waals surface area contributed by atoms with Gasteiger partial charge in [0.15, 0.2) is 5.82 Å². The van der Waals surface area contributed by atoms with Crippen molar-refractivity contribution in [3.8, 4) is 28.1 Å². The first kappa shape index (κ1) is 25.1. The number of fused-ring (bicyclic) bond motifs is 2. The van der Waals surface area contributed by atoms with Gasteiger partial charge < -0.3 is 10.0 Å². The van der Waals surface area contributed by atoms with Crippen molar-refractivity contribution in [2.75, 3.05) is 31.1 Å². The smallest absolute Gasteiger partial charge is 0.245 e. The molecule has 2 fully saturated rings. The van der Waals surface area contributed by atoms with Crippen LogP contribution in [0.25, 0.3) is 33.3 Å². The number of anilines is 1. The van der Waals surface area contributed by atoms with Crippen molar-refractivity contribution in [1.29, 1.82) is 0 Å². The SMILES string of the molecule is Cl.Cl.Cn1cc2cc(-c3ccc(-c4cnc(N5CCN6CCCC6C5)nn4)c(O)c3)cc(F)c2n1. The van der Waals surface area contributed by atoms with E-state index >= 15 is 0 Å². The first-order valence-electron chi connectivity index (χ1n) is 11.2. The van der Waals surface area contributed by atoms with Crippen LogP contribution in [0.2, 0.25) is 0 Å². The Hall–Kier alpha value is -3.01. The van der Waals surface area contributed by atoms with Crippen molar-refractivity contribution in [2.45, 2.75) is 18.9 Å². The third kappa shape index (κ3) is 4.63. The van der Waals surface area contributed by atoms with E-state index in [1.54, 1.807) is 36.3 Å². The summed E-state index contributed by atoms with van der Waals surface area (Å²) >= 11 is 0. The number of hydrogen-bond donors (Lipinski definition) is 1. The maximum Gasteiger partial charge on any atom is 0.245 e. The lowest BCUT2D eigenvalue weighted by Gasteiger charge is -2.37. The van der Waals surface area contributed by atoms with E-state index in [1.165, 1.54) is 25.5 Å². The molecule has 0 saturated carbocycles. The van der Waals surface area contributed by atoms with Crippen molar-refractivity contribution < 1.29 is 9.50 Å². The first-order chi connectivity index (χ1) is 16.0. The van der Waals surface area contributed by atoms with E-state index in [9.17, 15) is 9.50 Å². The summed E-state index contributed by atoms with van der Waals surface area (Å²) in [7, 11) is 1.76. The molecule has 2 aromatic carbocycles. The van der Waals surface area contributed by atoms with Crippen molar-refractivity contribution in [2.24, 2.45) is 7.05 Å². The number of aryl methyl sites for hydroxylation is 1. The number of piperazine rings is 1. The number of halogens is 3. The van der Waals surface area contributed by atoms with Crippen molar-refractivity contribution in [3.63, 3.8) is 0 Å². The van der Waals surface area contributed by atoms with Crippen molar-refractivity contribution in [1.82, 2.24) is 29.9 Å². The molecule has 0 amide bonds. The van der Waals surface area contributed by atoms with Crippen molar-refractivity contribution in [3.05, 3.63) is 48.5 Å². The second kappa shape index (κ2) is 9.93. The first-order valence-corrected chi connectivity index (χ1v) is 11.2. The molecule has 1 unspecified atom stereocenters. The van der Waals surface area contributed by atoms with Gasteiger partial charge in [-0.2, -0.15) is 5.10 Å². The molecule has 0 radical (unpaired) electrons. The van der Waals surface area contributed by atoms with E-state index in [0.717, 1.165) is 19.6 Å². The van der Waals surface area contributed by atoms with E-state index in [0.29, 0.717) is 45.3 Å². The highest BCUT2D eigenvalue weighted by atomic mass is 35.5. The molecule has 1 N–H and O–H groups in total. The summed E-state index contributed by atoms with van der Waals surface area (Å²) < 4.78 is 16.1. The lowest BCUT2D eigenvalue weighted by Crippen LogP contribution is -2.50. The number of phenolic OH excluding ortho intramolecular Hbond substituents is 1. The minimum Gasteiger partial charge on any atom is -0.507 e. The van der Waals surface area contributed by atoms with E-state index in [4.69, 9.17) is 0 Å². The largest absolute Gasteiger partial charge is 0.507 e. The minimum absolute atomic E-state index is 0. The van der Waals surface area contributed by atoms with Crippen LogP contribution in [0.1, 0.15) is 12.8 Å². The minimum atomic E-state index is -0.393. The number of benzene rings is 2. The zero-order chi connectivity index (χ0) is 22.5. The number of phenols is 1. The molecule has 2 aliphatic rings. The monoisotopic (exact) mass is 517 g/mol. The van der Waals surface area contributed by atoms with Gasteiger partial charge in [0.05, 0.1) is 6.20 Å². The fraction of sp³-hybridized carbons (Fsp3) is 0.333. The van der Waals surface area contributed by atoms with Gasteiger partial charge in [0.2, 0.25) is 5.95 Å². The highest BCUT2D eigenvalue weighted by Gasteiger charge is 2.31. The molecule has 0 aliphatic carbocycles. The summed E-state index contributed by atoms with van der Waals surface area (Å²) in [5.41, 5.74) is 2.73. The summed E-state index contributed by atoms with van der Waals surface area (Å²) in [5.74, 6) is 0.278. The summed E-state index contributed by atoms with van der Waals surface area (Å²) in [6.07, 6.45) is 5.90. The van der Waals surface area contributed by atoms with Gasteiger partial charge in [0, 0.05) is 49.9 Å². The number of rotatable bonds is 3. The van der Waals surface area contributed by atoms with Crippen LogP contribution in [0.4, 0.5) is 10.3 Å². The maximum absolute atomic E-state index is 14.5. The Morgan fingerprint density at radius 1 is 1.03 bits per heavy atom. The van der Waals surface area contributed by atoms with Gasteiger partial charge in [0.25, 0.3) is 0 Å². The molecule has 2 aromatic heterocycles. The molecule has 4 heterocycles. The Morgan fingerprint density at radius 2 is 1.89 bits per heavy atom. The Labute approximate surface area is 214 Å². The predicted molar refractivity (Wildman–Crippen MR) is 138 cm³/mol. The van der Waals surface area contributed by atoms with Gasteiger partial charge in [-0.1, -0.05) is 6.07 Å². The van der Waals surface area contributed by atoms with Gasteiger partial charge in [-0.05, 0) is 54.8 Å². The number of nitrogens with zero attached hydrogens (tertiary/aromatic N) is 7. The number of hydrogen-bond acceptors (Lipinski definition) is 7. The summed E-state index contributed by atoms with van der Waals surface area (Å²) in [4.78, 5) is 9.25. The molecule has 35 heavy (non-hydrogen) atoms. The normalized spacial score (nSPS) is 17.7. The van der Waals surface area contributed by atoms with Gasteiger partial charge in [0.1, 0.15) is 17.0 Å². The van der Waals surface area contributed by atoms with Crippen LogP contribution in [0.5, 0.6) is 5.75 Å². The number of aromatic hydroxyl groups is 1. The average molecular weight is 518 g/mol. The Balaban J connectivity index is 0.00000144. The molecular weight excluding hydrogens is 492 g/mol. The van der Waals surface area contributed by atoms with E-state index in [1.807, 2.05) is 12.1 Å². The molecule has 0 spiro atoms. The van der Waals surface area contributed by atoms with Crippen LogP contribution in [-0.2, 0) is 7.05 Å². The molecule has 1 atom stereocenters. The average Bonchev–Trinajstić information content (AvgIpc) is 3.44. The van der Waals surface area contributed by atoms with Crippen LogP contribution in [0, 0.1) is 5.82 Å². The molecule has 2 aliphatic heterocycles. The lowest BCUT2D eigenvalue weighted by atomic mass is 10.0. The third-order valence-corrected chi connectivity index (χ3v) is 6.70. The van der Waals surface area contributed by atoms with Crippen LogP contribution in [0.3, 0.4) is 0 Å². The van der Waals surface area contributed by atoms with Crippen molar-refractivity contribution >= 4 is 41.7 Å². The Morgan fingerprint density at radius 3 is 2.66 bits per heavy atom. The number of aromatic nitrogens is 5. The molecule has 11 heteroatoms. The maximum atomic E-state index is 14.5. The lowest BCUT2D eigenvalue weighted by molar-refractivity contribution is 0.229. The zero-order valence-corrected chi connectivity index (χ0v) is 20.8. The second-order valence-corrected chi connectivity index (χ2v) is 8.85. The zero-order valence-electron chi connectivity index (χ0n) is 19.1. The molecule has 184 valence electrons. The van der Waals surface area contributed by atoms with E-state index < -0.39 is 5.82 Å². The fourth-order valence-corrected chi connectivity index (χ4v) is 5.02. The van der Waals surface area contributed by atoms with Crippen LogP contribution in [0.15, 0.2) is 42.7 Å². The molecular formula is C24H26Cl2FN7O. The van der Waals surface area contributed by atoms with Gasteiger partial charge >= 0.3 is 0 Å². The summed E-state index contributed by atoms with van der Waals surface area (Å²) in [6, 6.07) is 9.08.